The van der Waals surface area contributed by atoms with Gasteiger partial charge in [-0.15, -0.1) is 10.2 Å². The summed E-state index contributed by atoms with van der Waals surface area (Å²) in [4.78, 5) is 14.8. The third kappa shape index (κ3) is 5.13. The summed E-state index contributed by atoms with van der Waals surface area (Å²) in [6.07, 6.45) is 0. The van der Waals surface area contributed by atoms with E-state index in [9.17, 15) is 9.18 Å². The van der Waals surface area contributed by atoms with E-state index in [1.165, 1.54) is 23.9 Å². The molecular formula is C22H23FN4O2S. The number of carbonyl (C=O) groups is 1. The van der Waals surface area contributed by atoms with E-state index in [0.717, 1.165) is 38.4 Å². The predicted octanol–water partition coefficient (Wildman–Crippen LogP) is 3.39. The van der Waals surface area contributed by atoms with E-state index < -0.39 is 0 Å². The normalized spacial score (nSPS) is 14.7. The highest BCUT2D eigenvalue weighted by Crippen LogP contribution is 2.25. The molecule has 4 rings (SSSR count). The molecule has 0 radical (unpaired) electrons. The van der Waals surface area contributed by atoms with Gasteiger partial charge in [0.2, 0.25) is 0 Å². The van der Waals surface area contributed by atoms with Crippen LogP contribution in [0, 0.1) is 5.82 Å². The van der Waals surface area contributed by atoms with Gasteiger partial charge < -0.3 is 9.30 Å². The Kier molecular flexibility index (Phi) is 6.88. The fraction of sp³-hybridized carbons (Fsp3) is 0.318. The van der Waals surface area contributed by atoms with Gasteiger partial charge in [-0.1, -0.05) is 42.1 Å². The number of Topliss-reactive ketones (excluding diaryl/α,β-unsaturated/α-hetero) is 1. The van der Waals surface area contributed by atoms with Gasteiger partial charge in [0.25, 0.3) is 0 Å². The molecule has 1 aliphatic rings. The number of ketones is 1. The minimum atomic E-state index is -0.291. The molecule has 0 aliphatic carbocycles. The van der Waals surface area contributed by atoms with Crippen molar-refractivity contribution in [2.24, 2.45) is 0 Å². The third-order valence-electron chi connectivity index (χ3n) is 4.99. The maximum absolute atomic E-state index is 13.4. The Balaban J connectivity index is 1.52. The number of thioether (sulfide) groups is 1. The van der Waals surface area contributed by atoms with Gasteiger partial charge in [0, 0.05) is 37.3 Å². The summed E-state index contributed by atoms with van der Waals surface area (Å²) in [7, 11) is 0. The average Bonchev–Trinajstić information content (AvgIpc) is 3.20. The SMILES string of the molecule is O=C(CSc1nnc(-c2ccc(F)cc2)n1CCN1CCOCC1)c1ccccc1. The number of benzene rings is 2. The minimum Gasteiger partial charge on any atom is -0.379 e. The van der Waals surface area contributed by atoms with Gasteiger partial charge in [-0.05, 0) is 24.3 Å². The molecule has 0 unspecified atom stereocenters. The highest BCUT2D eigenvalue weighted by molar-refractivity contribution is 7.99. The van der Waals surface area contributed by atoms with Crippen LogP contribution in [-0.4, -0.2) is 64.0 Å². The number of ether oxygens (including phenoxy) is 1. The monoisotopic (exact) mass is 426 g/mol. The number of carbonyl (C=O) groups excluding carboxylic acids is 1. The summed E-state index contributed by atoms with van der Waals surface area (Å²) in [5.41, 5.74) is 1.48. The fourth-order valence-corrected chi connectivity index (χ4v) is 4.17. The molecule has 6 nitrogen and oxygen atoms in total. The maximum atomic E-state index is 13.4. The number of nitrogens with zero attached hydrogens (tertiary/aromatic N) is 4. The average molecular weight is 427 g/mol. The van der Waals surface area contributed by atoms with Crippen molar-refractivity contribution in [1.29, 1.82) is 0 Å². The zero-order chi connectivity index (χ0) is 20.8. The van der Waals surface area contributed by atoms with Crippen molar-refractivity contribution in [3.8, 4) is 11.4 Å². The molecule has 30 heavy (non-hydrogen) atoms. The Hall–Kier alpha value is -2.55. The van der Waals surface area contributed by atoms with E-state index >= 15 is 0 Å². The van der Waals surface area contributed by atoms with Crippen LogP contribution >= 0.6 is 11.8 Å². The van der Waals surface area contributed by atoms with Crippen LogP contribution in [0.5, 0.6) is 0 Å². The first-order valence-electron chi connectivity index (χ1n) is 9.91. The first-order valence-corrected chi connectivity index (χ1v) is 10.9. The quantitative estimate of drug-likeness (QED) is 0.407. The summed E-state index contributed by atoms with van der Waals surface area (Å²) in [6, 6.07) is 15.5. The summed E-state index contributed by atoms with van der Waals surface area (Å²) in [5.74, 6) is 0.717. The molecule has 0 bridgehead atoms. The smallest absolute Gasteiger partial charge is 0.191 e. The second-order valence-corrected chi connectivity index (χ2v) is 7.94. The molecule has 2 aromatic carbocycles. The minimum absolute atomic E-state index is 0.0478. The number of morpholine rings is 1. The van der Waals surface area contributed by atoms with Gasteiger partial charge >= 0.3 is 0 Å². The van der Waals surface area contributed by atoms with Crippen molar-refractivity contribution >= 4 is 17.5 Å². The van der Waals surface area contributed by atoms with E-state index in [2.05, 4.69) is 15.1 Å². The molecule has 1 aromatic heterocycles. The zero-order valence-corrected chi connectivity index (χ0v) is 17.4. The van der Waals surface area contributed by atoms with Crippen LogP contribution in [0.3, 0.4) is 0 Å². The van der Waals surface area contributed by atoms with Crippen molar-refractivity contribution in [2.75, 3.05) is 38.6 Å². The van der Waals surface area contributed by atoms with Crippen molar-refractivity contribution in [3.63, 3.8) is 0 Å². The standard InChI is InChI=1S/C22H23FN4O2S/c23-19-8-6-18(7-9-19)21-24-25-22(27(21)11-10-26-12-14-29-15-13-26)30-16-20(28)17-4-2-1-3-5-17/h1-9H,10-16H2. The van der Waals surface area contributed by atoms with Crippen molar-refractivity contribution in [2.45, 2.75) is 11.7 Å². The molecule has 3 aromatic rings. The van der Waals surface area contributed by atoms with E-state index in [4.69, 9.17) is 4.74 Å². The van der Waals surface area contributed by atoms with Gasteiger partial charge in [0.15, 0.2) is 16.8 Å². The lowest BCUT2D eigenvalue weighted by Crippen LogP contribution is -2.38. The van der Waals surface area contributed by atoms with Crippen LogP contribution in [0.1, 0.15) is 10.4 Å². The van der Waals surface area contributed by atoms with Gasteiger partial charge in [-0.3, -0.25) is 9.69 Å². The Morgan fingerprint density at radius 1 is 1.00 bits per heavy atom. The van der Waals surface area contributed by atoms with Crippen molar-refractivity contribution in [1.82, 2.24) is 19.7 Å². The molecule has 1 aliphatic heterocycles. The molecule has 8 heteroatoms. The van der Waals surface area contributed by atoms with Crippen LogP contribution < -0.4 is 0 Å². The summed E-state index contributed by atoms with van der Waals surface area (Å²) < 4.78 is 20.8. The van der Waals surface area contributed by atoms with E-state index in [0.29, 0.717) is 23.1 Å². The lowest BCUT2D eigenvalue weighted by molar-refractivity contribution is 0.0361. The third-order valence-corrected chi connectivity index (χ3v) is 5.96. The van der Waals surface area contributed by atoms with Gasteiger partial charge in [-0.25, -0.2) is 4.39 Å². The van der Waals surface area contributed by atoms with E-state index in [1.54, 1.807) is 12.1 Å². The van der Waals surface area contributed by atoms with Crippen LogP contribution in [0.2, 0.25) is 0 Å². The molecule has 0 saturated carbocycles. The molecule has 0 spiro atoms. The van der Waals surface area contributed by atoms with E-state index in [-0.39, 0.29) is 17.4 Å². The first-order chi connectivity index (χ1) is 14.7. The molecule has 0 atom stereocenters. The van der Waals surface area contributed by atoms with Crippen LogP contribution in [-0.2, 0) is 11.3 Å². The highest BCUT2D eigenvalue weighted by Gasteiger charge is 2.18. The Bertz CT molecular complexity index is 973. The number of rotatable bonds is 8. The maximum Gasteiger partial charge on any atom is 0.191 e. The van der Waals surface area contributed by atoms with Crippen molar-refractivity contribution in [3.05, 3.63) is 66.0 Å². The lowest BCUT2D eigenvalue weighted by Gasteiger charge is -2.27. The molecule has 0 N–H and O–H groups in total. The largest absolute Gasteiger partial charge is 0.379 e. The predicted molar refractivity (Wildman–Crippen MR) is 114 cm³/mol. The number of aromatic nitrogens is 3. The van der Waals surface area contributed by atoms with Crippen LogP contribution in [0.4, 0.5) is 4.39 Å². The second kappa shape index (κ2) is 9.97. The molecule has 1 fully saturated rings. The van der Waals surface area contributed by atoms with Gasteiger partial charge in [0.05, 0.1) is 19.0 Å². The molecule has 156 valence electrons. The first kappa shape index (κ1) is 20.7. The lowest BCUT2D eigenvalue weighted by atomic mass is 10.2. The Labute approximate surface area is 179 Å². The topological polar surface area (TPSA) is 60.2 Å². The Morgan fingerprint density at radius 3 is 2.47 bits per heavy atom. The molecular weight excluding hydrogens is 403 g/mol. The Morgan fingerprint density at radius 2 is 1.73 bits per heavy atom. The fourth-order valence-electron chi connectivity index (χ4n) is 3.31. The van der Waals surface area contributed by atoms with E-state index in [1.807, 2.05) is 34.9 Å². The van der Waals surface area contributed by atoms with Gasteiger partial charge in [0.1, 0.15) is 5.82 Å². The van der Waals surface area contributed by atoms with Gasteiger partial charge in [-0.2, -0.15) is 0 Å². The second-order valence-electron chi connectivity index (χ2n) is 7.00. The van der Waals surface area contributed by atoms with Crippen molar-refractivity contribution < 1.29 is 13.9 Å². The number of hydrogen-bond donors (Lipinski definition) is 0. The summed E-state index contributed by atoms with van der Waals surface area (Å²) in [6.45, 7) is 4.77. The molecule has 1 saturated heterocycles. The molecule has 0 amide bonds. The number of hydrogen-bond acceptors (Lipinski definition) is 6. The summed E-state index contributed by atoms with van der Waals surface area (Å²) in [5, 5.41) is 9.36. The highest BCUT2D eigenvalue weighted by atomic mass is 32.2. The van der Waals surface area contributed by atoms with Crippen LogP contribution in [0.25, 0.3) is 11.4 Å². The summed E-state index contributed by atoms with van der Waals surface area (Å²) >= 11 is 1.38. The van der Waals surface area contributed by atoms with Crippen LogP contribution in [0.15, 0.2) is 59.8 Å². The molecule has 2 heterocycles. The zero-order valence-electron chi connectivity index (χ0n) is 16.5. The number of halogens is 1.